The zero-order valence-electron chi connectivity index (χ0n) is 27.7. The smallest absolute Gasteiger partial charge is 0.449 e. The molecule has 50 heavy (non-hydrogen) atoms. The monoisotopic (exact) mass is 732 g/mol. The number of hydrogen-bond donors (Lipinski definition) is 1. The fourth-order valence-corrected chi connectivity index (χ4v) is 5.60. The van der Waals surface area contributed by atoms with Crippen molar-refractivity contribution >= 4 is 19.2 Å². The number of phenolic OH excluding ortho intramolecular Hbond substituents is 1. The van der Waals surface area contributed by atoms with Gasteiger partial charge >= 0.3 is 18.0 Å². The van der Waals surface area contributed by atoms with Gasteiger partial charge in [-0.25, -0.2) is 9.18 Å². The number of aromatic hydroxyl groups is 1. The number of furan rings is 1. The van der Waals surface area contributed by atoms with Crippen LogP contribution in [0.3, 0.4) is 0 Å². The van der Waals surface area contributed by atoms with Crippen LogP contribution in [0.5, 0.6) is 5.75 Å². The first-order valence-corrected chi connectivity index (χ1v) is 15.7. The van der Waals surface area contributed by atoms with Crippen molar-refractivity contribution in [3.8, 4) is 5.75 Å². The zero-order chi connectivity index (χ0) is 36.1. The minimum atomic E-state index is -4.91. The molecule has 3 heterocycles. The SMILES string of the molecule is CCC.Cc1c(N2CCN(Cc3ccc(C(F)(F)F)o3)CC2)c(=O)n(CCc2ccccc2O)c(=O)n1Cc1c(F)cccc1C(F)(F)F.S. The Bertz CT molecular complexity index is 1860. The van der Waals surface area contributed by atoms with Crippen LogP contribution in [-0.2, 0) is 38.4 Å². The van der Waals surface area contributed by atoms with Crippen LogP contribution < -0.4 is 16.1 Å². The predicted molar refractivity (Wildman–Crippen MR) is 180 cm³/mol. The van der Waals surface area contributed by atoms with Gasteiger partial charge in [0, 0.05) is 44.0 Å². The van der Waals surface area contributed by atoms with E-state index in [1.165, 1.54) is 25.5 Å². The number of anilines is 1. The lowest BCUT2D eigenvalue weighted by molar-refractivity contribution is -0.153. The first-order chi connectivity index (χ1) is 23.1. The summed E-state index contributed by atoms with van der Waals surface area (Å²) in [5.41, 5.74) is -3.21. The number of halogens is 7. The number of piperazine rings is 1. The average molecular weight is 733 g/mol. The Morgan fingerprint density at radius 2 is 1.46 bits per heavy atom. The highest BCUT2D eigenvalue weighted by molar-refractivity contribution is 7.59. The van der Waals surface area contributed by atoms with Crippen LogP contribution in [0.1, 0.15) is 54.2 Å². The molecule has 0 saturated carbocycles. The molecule has 0 radical (unpaired) electrons. The Morgan fingerprint density at radius 1 is 0.820 bits per heavy atom. The molecule has 1 fully saturated rings. The van der Waals surface area contributed by atoms with E-state index in [4.69, 9.17) is 4.42 Å². The lowest BCUT2D eigenvalue weighted by Gasteiger charge is -2.36. The Balaban J connectivity index is 0.00000163. The van der Waals surface area contributed by atoms with Gasteiger partial charge in [0.2, 0.25) is 5.76 Å². The summed E-state index contributed by atoms with van der Waals surface area (Å²) in [4.78, 5) is 31.0. The molecule has 274 valence electrons. The summed E-state index contributed by atoms with van der Waals surface area (Å²) in [5, 5.41) is 10.2. The minimum absolute atomic E-state index is 0. The molecule has 0 atom stereocenters. The highest BCUT2D eigenvalue weighted by Crippen LogP contribution is 2.34. The van der Waals surface area contributed by atoms with Gasteiger partial charge < -0.3 is 14.4 Å². The van der Waals surface area contributed by atoms with E-state index in [1.54, 1.807) is 23.1 Å². The van der Waals surface area contributed by atoms with E-state index >= 15 is 0 Å². The van der Waals surface area contributed by atoms with E-state index in [0.717, 1.165) is 27.3 Å². The average Bonchev–Trinajstić information content (AvgIpc) is 3.51. The summed E-state index contributed by atoms with van der Waals surface area (Å²) in [6.45, 7) is 5.62. The van der Waals surface area contributed by atoms with Crippen molar-refractivity contribution in [1.82, 2.24) is 14.0 Å². The summed E-state index contributed by atoms with van der Waals surface area (Å²) < 4.78 is 102. The second-order valence-corrected chi connectivity index (χ2v) is 11.6. The van der Waals surface area contributed by atoms with Crippen LogP contribution in [0.25, 0.3) is 0 Å². The third-order valence-corrected chi connectivity index (χ3v) is 8.00. The normalized spacial score (nSPS) is 13.8. The van der Waals surface area contributed by atoms with E-state index in [1.807, 2.05) is 4.90 Å². The van der Waals surface area contributed by atoms with Gasteiger partial charge in [0.1, 0.15) is 23.0 Å². The molecule has 16 heteroatoms. The molecule has 0 amide bonds. The highest BCUT2D eigenvalue weighted by Gasteiger charge is 2.36. The van der Waals surface area contributed by atoms with Crippen LogP contribution in [0.2, 0.25) is 0 Å². The third kappa shape index (κ3) is 9.33. The molecule has 4 aromatic rings. The van der Waals surface area contributed by atoms with Gasteiger partial charge in [-0.15, -0.1) is 0 Å². The molecule has 1 aliphatic heterocycles. The fourth-order valence-electron chi connectivity index (χ4n) is 5.60. The number of hydrogen-bond acceptors (Lipinski definition) is 6. The van der Waals surface area contributed by atoms with Crippen molar-refractivity contribution in [2.75, 3.05) is 31.1 Å². The molecule has 2 aromatic carbocycles. The molecule has 8 nitrogen and oxygen atoms in total. The predicted octanol–water partition coefficient (Wildman–Crippen LogP) is 6.94. The summed E-state index contributed by atoms with van der Waals surface area (Å²) in [6, 6.07) is 10.8. The lowest BCUT2D eigenvalue weighted by Crippen LogP contribution is -2.51. The zero-order valence-corrected chi connectivity index (χ0v) is 28.7. The number of phenols is 1. The number of nitrogens with zero attached hydrogens (tertiary/aromatic N) is 4. The number of aryl methyl sites for hydroxylation is 1. The Hall–Kier alpha value is -4.18. The highest BCUT2D eigenvalue weighted by atomic mass is 32.1. The largest absolute Gasteiger partial charge is 0.508 e. The quantitative estimate of drug-likeness (QED) is 0.198. The minimum Gasteiger partial charge on any atom is -0.508 e. The number of aromatic nitrogens is 2. The molecular weight excluding hydrogens is 693 g/mol. The summed E-state index contributed by atoms with van der Waals surface area (Å²) in [6.07, 6.45) is -8.25. The lowest BCUT2D eigenvalue weighted by atomic mass is 10.1. The molecule has 1 saturated heterocycles. The van der Waals surface area contributed by atoms with E-state index in [9.17, 15) is 45.4 Å². The van der Waals surface area contributed by atoms with Gasteiger partial charge in [-0.05, 0) is 49.2 Å². The van der Waals surface area contributed by atoms with Crippen molar-refractivity contribution in [2.24, 2.45) is 0 Å². The molecule has 1 N–H and O–H groups in total. The second kappa shape index (κ2) is 16.7. The Labute approximate surface area is 290 Å². The maximum atomic E-state index is 14.9. The standard InChI is InChI=1S/C31H29F7N4O4.C3H8.H2S/c1-19-27(40-15-13-39(14-16-40)17-21-9-10-26(46-21)31(36,37)38)28(44)41(12-11-20-5-2-3-8-25(20)43)29(45)42(19)18-22-23(30(33,34)35)6-4-7-24(22)32;1-3-2;/h2-10,43H,11-18H2,1H3;3H2,1-2H3;1H2. The molecule has 0 aliphatic carbocycles. The van der Waals surface area contributed by atoms with Gasteiger partial charge in [-0.3, -0.25) is 18.8 Å². The van der Waals surface area contributed by atoms with Gasteiger partial charge in [0.15, 0.2) is 0 Å². The molecule has 0 unspecified atom stereocenters. The van der Waals surface area contributed by atoms with Gasteiger partial charge in [0.05, 0.1) is 18.7 Å². The number of para-hydroxylation sites is 1. The van der Waals surface area contributed by atoms with Crippen molar-refractivity contribution in [2.45, 2.75) is 65.6 Å². The molecule has 1 aliphatic rings. The van der Waals surface area contributed by atoms with Crippen LogP contribution in [0.15, 0.2) is 68.6 Å². The van der Waals surface area contributed by atoms with Crippen LogP contribution in [-0.4, -0.2) is 45.3 Å². The number of benzene rings is 2. The maximum absolute atomic E-state index is 14.9. The first-order valence-electron chi connectivity index (χ1n) is 15.7. The Morgan fingerprint density at radius 3 is 2.04 bits per heavy atom. The van der Waals surface area contributed by atoms with E-state index in [0.29, 0.717) is 11.6 Å². The van der Waals surface area contributed by atoms with Gasteiger partial charge in [-0.1, -0.05) is 44.5 Å². The second-order valence-electron chi connectivity index (χ2n) is 11.6. The summed E-state index contributed by atoms with van der Waals surface area (Å²) in [5.74, 6) is -2.26. The third-order valence-electron chi connectivity index (χ3n) is 8.00. The number of rotatable bonds is 8. The first kappa shape index (κ1) is 40.3. The fraction of sp³-hybridized carbons (Fsp3) is 0.412. The van der Waals surface area contributed by atoms with Crippen LogP contribution in [0, 0.1) is 12.7 Å². The van der Waals surface area contributed by atoms with Crippen LogP contribution in [0.4, 0.5) is 36.4 Å². The molecule has 0 bridgehead atoms. The maximum Gasteiger partial charge on any atom is 0.449 e. The van der Waals surface area contributed by atoms with Crippen LogP contribution >= 0.6 is 13.5 Å². The van der Waals surface area contributed by atoms with E-state index < -0.39 is 52.9 Å². The topological polar surface area (TPSA) is 83.8 Å². The van der Waals surface area contributed by atoms with Gasteiger partial charge in [-0.2, -0.15) is 39.8 Å². The van der Waals surface area contributed by atoms with Crippen molar-refractivity contribution in [3.63, 3.8) is 0 Å². The molecule has 2 aromatic heterocycles. The van der Waals surface area contributed by atoms with E-state index in [2.05, 4.69) is 13.8 Å². The molecular formula is C34H39F7N4O4S. The summed E-state index contributed by atoms with van der Waals surface area (Å²) in [7, 11) is 0. The van der Waals surface area contributed by atoms with Crippen molar-refractivity contribution in [3.05, 3.63) is 115 Å². The molecule has 5 rings (SSSR count). The molecule has 0 spiro atoms. The van der Waals surface area contributed by atoms with Gasteiger partial charge in [0.25, 0.3) is 5.56 Å². The Kier molecular flexibility index (Phi) is 13.4. The number of alkyl halides is 6. The van der Waals surface area contributed by atoms with Crippen molar-refractivity contribution in [1.29, 1.82) is 0 Å². The summed E-state index contributed by atoms with van der Waals surface area (Å²) >= 11 is 0. The van der Waals surface area contributed by atoms with Crippen molar-refractivity contribution < 1.29 is 40.3 Å². The van der Waals surface area contributed by atoms with E-state index in [-0.39, 0.29) is 82.1 Å².